The number of thiophene rings is 1. The molecule has 0 unspecified atom stereocenters. The van der Waals surface area contributed by atoms with E-state index in [0.29, 0.717) is 22.4 Å². The van der Waals surface area contributed by atoms with E-state index in [1.165, 1.54) is 11.3 Å². The minimum Gasteiger partial charge on any atom is -0.346 e. The van der Waals surface area contributed by atoms with E-state index >= 15 is 0 Å². The normalized spacial score (nSPS) is 10.8. The number of aromatic nitrogens is 3. The molecule has 0 radical (unpaired) electrons. The molecule has 0 aliphatic rings. The Labute approximate surface area is 117 Å². The second-order valence-corrected chi connectivity index (χ2v) is 5.64. The van der Waals surface area contributed by atoms with Crippen molar-refractivity contribution in [3.8, 4) is 0 Å². The Kier molecular flexibility index (Phi) is 3.18. The highest BCUT2D eigenvalue weighted by atomic mass is 35.5. The van der Waals surface area contributed by atoms with Gasteiger partial charge in [-0.1, -0.05) is 11.6 Å². The third kappa shape index (κ3) is 2.59. The van der Waals surface area contributed by atoms with Gasteiger partial charge < -0.3 is 5.32 Å². The summed E-state index contributed by atoms with van der Waals surface area (Å²) >= 11 is 7.27. The lowest BCUT2D eigenvalue weighted by Gasteiger charge is -1.99. The second kappa shape index (κ2) is 4.99. The number of imidazole rings is 1. The molecule has 0 fully saturated rings. The van der Waals surface area contributed by atoms with Gasteiger partial charge in [0.05, 0.1) is 10.9 Å². The zero-order chi connectivity index (χ0) is 13.2. The van der Waals surface area contributed by atoms with Crippen molar-refractivity contribution < 1.29 is 4.79 Å². The number of rotatable bonds is 3. The first kappa shape index (κ1) is 12.1. The molecule has 3 rings (SSSR count). The summed E-state index contributed by atoms with van der Waals surface area (Å²) in [5.41, 5.74) is 0.348. The molecule has 0 atom stereocenters. The van der Waals surface area contributed by atoms with E-state index in [2.05, 4.69) is 15.3 Å². The predicted molar refractivity (Wildman–Crippen MR) is 73.5 cm³/mol. The molecule has 0 aliphatic carbocycles. The summed E-state index contributed by atoms with van der Waals surface area (Å²) in [5.74, 6) is 0.279. The van der Waals surface area contributed by atoms with Crippen molar-refractivity contribution in [3.63, 3.8) is 0 Å². The molecule has 0 spiro atoms. The zero-order valence-corrected chi connectivity index (χ0v) is 11.3. The van der Waals surface area contributed by atoms with Crippen LogP contribution in [0.4, 0.5) is 0 Å². The lowest BCUT2D eigenvalue weighted by molar-refractivity contribution is 0.0947. The first-order valence-corrected chi connectivity index (χ1v) is 6.74. The fourth-order valence-electron chi connectivity index (χ4n) is 1.64. The van der Waals surface area contributed by atoms with Crippen LogP contribution < -0.4 is 5.32 Å². The number of carbonyl (C=O) groups excluding carboxylic acids is 1. The molecule has 0 aliphatic heterocycles. The molecule has 3 aromatic rings. The first-order valence-electron chi connectivity index (χ1n) is 5.54. The van der Waals surface area contributed by atoms with Gasteiger partial charge in [-0.3, -0.25) is 9.20 Å². The Bertz CT molecular complexity index is 703. The van der Waals surface area contributed by atoms with Crippen LogP contribution >= 0.6 is 22.9 Å². The summed E-state index contributed by atoms with van der Waals surface area (Å²) in [5, 5.41) is 2.80. The first-order chi connectivity index (χ1) is 9.22. The van der Waals surface area contributed by atoms with E-state index < -0.39 is 0 Å². The largest absolute Gasteiger partial charge is 0.346 e. The summed E-state index contributed by atoms with van der Waals surface area (Å²) in [6, 6.07) is 5.48. The molecule has 1 N–H and O–H groups in total. The summed E-state index contributed by atoms with van der Waals surface area (Å²) in [7, 11) is 0. The standard InChI is InChI=1S/C12H9ClN4OS/c13-10-3-2-8(19-10)6-15-11(18)9-7-17-5-1-4-14-12(17)16-9/h1-5,7H,6H2,(H,15,18). The van der Waals surface area contributed by atoms with Crippen LogP contribution in [-0.2, 0) is 6.54 Å². The van der Waals surface area contributed by atoms with Gasteiger partial charge in [-0.2, -0.15) is 0 Å². The molecule has 5 nitrogen and oxygen atoms in total. The molecule has 3 heterocycles. The van der Waals surface area contributed by atoms with Crippen LogP contribution in [0.2, 0.25) is 4.34 Å². The third-order valence-corrected chi connectivity index (χ3v) is 3.75. The number of halogens is 1. The van der Waals surface area contributed by atoms with Crippen LogP contribution in [0.25, 0.3) is 5.78 Å². The van der Waals surface area contributed by atoms with Gasteiger partial charge >= 0.3 is 0 Å². The van der Waals surface area contributed by atoms with Crippen LogP contribution in [0.5, 0.6) is 0 Å². The van der Waals surface area contributed by atoms with Crippen molar-refractivity contribution in [2.45, 2.75) is 6.54 Å². The van der Waals surface area contributed by atoms with Gasteiger partial charge in [0.1, 0.15) is 5.69 Å². The number of nitrogens with zero attached hydrogens (tertiary/aromatic N) is 3. The maximum absolute atomic E-state index is 12.0. The van der Waals surface area contributed by atoms with Gasteiger partial charge in [0.2, 0.25) is 5.78 Å². The molecular formula is C12H9ClN4OS. The number of fused-ring (bicyclic) bond motifs is 1. The average Bonchev–Trinajstić information content (AvgIpc) is 3.01. The maximum atomic E-state index is 12.0. The van der Waals surface area contributed by atoms with Gasteiger partial charge in [-0.05, 0) is 18.2 Å². The van der Waals surface area contributed by atoms with Crippen LogP contribution in [0, 0.1) is 0 Å². The molecule has 0 saturated heterocycles. The van der Waals surface area contributed by atoms with Crippen molar-refractivity contribution in [3.05, 3.63) is 51.7 Å². The van der Waals surface area contributed by atoms with Crippen molar-refractivity contribution in [1.29, 1.82) is 0 Å². The summed E-state index contributed by atoms with van der Waals surface area (Å²) in [6.45, 7) is 0.442. The summed E-state index contributed by atoms with van der Waals surface area (Å²) in [6.07, 6.45) is 5.09. The van der Waals surface area contributed by atoms with Crippen molar-refractivity contribution in [1.82, 2.24) is 19.7 Å². The van der Waals surface area contributed by atoms with E-state index in [9.17, 15) is 4.79 Å². The Balaban J connectivity index is 1.73. The minimum absolute atomic E-state index is 0.227. The van der Waals surface area contributed by atoms with Crippen molar-refractivity contribution in [2.24, 2.45) is 0 Å². The molecule has 96 valence electrons. The molecule has 7 heteroatoms. The molecule has 1 amide bonds. The van der Waals surface area contributed by atoms with E-state index in [-0.39, 0.29) is 5.91 Å². The highest BCUT2D eigenvalue weighted by Gasteiger charge is 2.11. The fraction of sp³-hybridized carbons (Fsp3) is 0.0833. The van der Waals surface area contributed by atoms with E-state index in [1.54, 1.807) is 29.1 Å². The highest BCUT2D eigenvalue weighted by Crippen LogP contribution is 2.21. The molecule has 0 saturated carbocycles. The molecule has 0 aromatic carbocycles. The van der Waals surface area contributed by atoms with Gasteiger partial charge in [-0.15, -0.1) is 11.3 Å². The number of hydrogen-bond donors (Lipinski definition) is 1. The third-order valence-electron chi connectivity index (χ3n) is 2.52. The van der Waals surface area contributed by atoms with Crippen LogP contribution in [0.1, 0.15) is 15.4 Å². The van der Waals surface area contributed by atoms with Crippen molar-refractivity contribution in [2.75, 3.05) is 0 Å². The van der Waals surface area contributed by atoms with Gasteiger partial charge in [0.25, 0.3) is 5.91 Å². The van der Waals surface area contributed by atoms with E-state index in [1.807, 2.05) is 12.1 Å². The topological polar surface area (TPSA) is 59.3 Å². The molecule has 19 heavy (non-hydrogen) atoms. The quantitative estimate of drug-likeness (QED) is 0.806. The smallest absolute Gasteiger partial charge is 0.271 e. The number of hydrogen-bond acceptors (Lipinski definition) is 4. The monoisotopic (exact) mass is 292 g/mol. The van der Waals surface area contributed by atoms with E-state index in [4.69, 9.17) is 11.6 Å². The highest BCUT2D eigenvalue weighted by molar-refractivity contribution is 7.16. The maximum Gasteiger partial charge on any atom is 0.271 e. The zero-order valence-electron chi connectivity index (χ0n) is 9.71. The Morgan fingerprint density at radius 1 is 1.47 bits per heavy atom. The molecular weight excluding hydrogens is 284 g/mol. The van der Waals surface area contributed by atoms with Gasteiger partial charge in [-0.25, -0.2) is 9.97 Å². The minimum atomic E-state index is -0.227. The number of nitrogens with one attached hydrogen (secondary N) is 1. The molecule has 0 bridgehead atoms. The summed E-state index contributed by atoms with van der Waals surface area (Å²) in [4.78, 5) is 21.2. The van der Waals surface area contributed by atoms with Crippen LogP contribution in [-0.4, -0.2) is 20.3 Å². The van der Waals surface area contributed by atoms with E-state index in [0.717, 1.165) is 4.88 Å². The Morgan fingerprint density at radius 2 is 2.37 bits per heavy atom. The Hall–Kier alpha value is -1.92. The van der Waals surface area contributed by atoms with Gasteiger partial charge in [0, 0.05) is 23.5 Å². The second-order valence-electron chi connectivity index (χ2n) is 3.84. The molecule has 3 aromatic heterocycles. The fourth-order valence-corrected chi connectivity index (χ4v) is 2.67. The number of amides is 1. The number of carbonyl (C=O) groups is 1. The average molecular weight is 293 g/mol. The Morgan fingerprint density at radius 3 is 3.11 bits per heavy atom. The van der Waals surface area contributed by atoms with Crippen molar-refractivity contribution >= 4 is 34.6 Å². The van der Waals surface area contributed by atoms with Gasteiger partial charge in [0.15, 0.2) is 0 Å². The van der Waals surface area contributed by atoms with Crippen LogP contribution in [0.15, 0.2) is 36.8 Å². The SMILES string of the molecule is O=C(NCc1ccc(Cl)s1)c1cn2cccnc2n1. The lowest BCUT2D eigenvalue weighted by Crippen LogP contribution is -2.22. The predicted octanol–water partition coefficient (Wildman–Crippen LogP) is 2.37. The van der Waals surface area contributed by atoms with Crippen LogP contribution in [0.3, 0.4) is 0 Å². The lowest BCUT2D eigenvalue weighted by atomic mass is 10.4. The summed E-state index contributed by atoms with van der Waals surface area (Å²) < 4.78 is 2.41.